The fourth-order valence-electron chi connectivity index (χ4n) is 3.26. The Labute approximate surface area is 162 Å². The lowest BCUT2D eigenvalue weighted by Crippen LogP contribution is -2.16. The fourth-order valence-corrected chi connectivity index (χ4v) is 3.26. The number of amides is 1. The first kappa shape index (κ1) is 17.8. The van der Waals surface area contributed by atoms with Crippen LogP contribution in [0.2, 0.25) is 0 Å². The molecule has 140 valence electrons. The molecule has 1 N–H and O–H groups in total. The molecule has 4 aromatic rings. The monoisotopic (exact) mass is 372 g/mol. The summed E-state index contributed by atoms with van der Waals surface area (Å²) >= 11 is 0. The minimum absolute atomic E-state index is 0.220. The predicted octanol–water partition coefficient (Wildman–Crippen LogP) is 4.46. The third kappa shape index (κ3) is 3.47. The van der Waals surface area contributed by atoms with Crippen LogP contribution in [0.5, 0.6) is 0 Å². The first-order valence-corrected chi connectivity index (χ1v) is 9.22. The number of nitrogens with one attached hydrogen (secondary N) is 1. The van der Waals surface area contributed by atoms with Gasteiger partial charge in [0.1, 0.15) is 0 Å². The number of rotatable bonds is 5. The minimum atomic E-state index is -0.437. The average Bonchev–Trinajstić information content (AvgIpc) is 3.03. The van der Waals surface area contributed by atoms with E-state index in [1.165, 1.54) is 0 Å². The molecule has 0 spiro atoms. The van der Waals surface area contributed by atoms with Crippen molar-refractivity contribution in [3.63, 3.8) is 0 Å². The van der Waals surface area contributed by atoms with Crippen LogP contribution >= 0.6 is 0 Å². The summed E-state index contributed by atoms with van der Waals surface area (Å²) in [6.45, 7) is 2.43. The second kappa shape index (κ2) is 7.56. The molecule has 3 aromatic carbocycles. The summed E-state index contributed by atoms with van der Waals surface area (Å²) in [5.41, 5.74) is 4.39. The van der Waals surface area contributed by atoms with E-state index in [0.717, 1.165) is 23.2 Å². The van der Waals surface area contributed by atoms with E-state index in [0.29, 0.717) is 23.2 Å². The Morgan fingerprint density at radius 1 is 1.00 bits per heavy atom. The standard InChI is InChI=1S/C23H20N2O3/c1-2-17-10-6-7-11-19(17)24-22(26)18-12-13-21-20(14-18)25(23(27)28-21)15-16-8-4-3-5-9-16/h3-14H,2,15H2,1H3,(H,24,26). The highest BCUT2D eigenvalue weighted by molar-refractivity contribution is 6.06. The smallest absolute Gasteiger partial charge is 0.408 e. The van der Waals surface area contributed by atoms with Crippen LogP contribution in [0.4, 0.5) is 5.69 Å². The Morgan fingerprint density at radius 2 is 1.75 bits per heavy atom. The Morgan fingerprint density at radius 3 is 2.54 bits per heavy atom. The molecule has 0 radical (unpaired) electrons. The SMILES string of the molecule is CCc1ccccc1NC(=O)c1ccc2oc(=O)n(Cc3ccccc3)c2c1. The van der Waals surface area contributed by atoms with Gasteiger partial charge in [-0.3, -0.25) is 9.36 Å². The zero-order valence-electron chi connectivity index (χ0n) is 15.5. The first-order valence-electron chi connectivity index (χ1n) is 9.22. The number of aromatic nitrogens is 1. The summed E-state index contributed by atoms with van der Waals surface area (Å²) < 4.78 is 6.88. The average molecular weight is 372 g/mol. The number of hydrogen-bond acceptors (Lipinski definition) is 3. The van der Waals surface area contributed by atoms with Gasteiger partial charge in [-0.05, 0) is 41.8 Å². The number of oxazole rings is 1. The van der Waals surface area contributed by atoms with Gasteiger partial charge in [0, 0.05) is 11.3 Å². The van der Waals surface area contributed by atoms with E-state index < -0.39 is 5.76 Å². The van der Waals surface area contributed by atoms with Crippen molar-refractivity contribution in [3.05, 3.63) is 100 Å². The molecule has 0 saturated heterocycles. The van der Waals surface area contributed by atoms with E-state index in [9.17, 15) is 9.59 Å². The minimum Gasteiger partial charge on any atom is -0.408 e. The van der Waals surface area contributed by atoms with E-state index in [4.69, 9.17) is 4.42 Å². The van der Waals surface area contributed by atoms with Gasteiger partial charge in [-0.25, -0.2) is 4.79 Å². The van der Waals surface area contributed by atoms with Crippen molar-refractivity contribution in [2.24, 2.45) is 0 Å². The van der Waals surface area contributed by atoms with Crippen LogP contribution in [-0.2, 0) is 13.0 Å². The van der Waals surface area contributed by atoms with Gasteiger partial charge in [-0.2, -0.15) is 0 Å². The highest BCUT2D eigenvalue weighted by atomic mass is 16.4. The Balaban J connectivity index is 1.68. The van der Waals surface area contributed by atoms with Gasteiger partial charge in [0.2, 0.25) is 0 Å². The van der Waals surface area contributed by atoms with E-state index in [1.807, 2.05) is 61.5 Å². The second-order valence-electron chi connectivity index (χ2n) is 6.59. The molecule has 0 bridgehead atoms. The Hall–Kier alpha value is -3.60. The lowest BCUT2D eigenvalue weighted by atomic mass is 10.1. The maximum atomic E-state index is 12.8. The van der Waals surface area contributed by atoms with Crippen molar-refractivity contribution in [2.45, 2.75) is 19.9 Å². The van der Waals surface area contributed by atoms with Crippen molar-refractivity contribution >= 4 is 22.7 Å². The summed E-state index contributed by atoms with van der Waals surface area (Å²) in [5.74, 6) is -0.657. The number of fused-ring (bicyclic) bond motifs is 1. The molecule has 0 aliphatic carbocycles. The van der Waals surface area contributed by atoms with E-state index in [-0.39, 0.29) is 5.91 Å². The van der Waals surface area contributed by atoms with Crippen LogP contribution in [-0.4, -0.2) is 10.5 Å². The highest BCUT2D eigenvalue weighted by Gasteiger charge is 2.14. The molecule has 28 heavy (non-hydrogen) atoms. The molecule has 0 aliphatic heterocycles. The summed E-state index contributed by atoms with van der Waals surface area (Å²) in [6, 6.07) is 22.4. The van der Waals surface area contributed by atoms with Crippen molar-refractivity contribution in [1.29, 1.82) is 0 Å². The topological polar surface area (TPSA) is 64.2 Å². The quantitative estimate of drug-likeness (QED) is 0.563. The van der Waals surface area contributed by atoms with Crippen LogP contribution in [0.1, 0.15) is 28.4 Å². The van der Waals surface area contributed by atoms with Gasteiger partial charge in [0.15, 0.2) is 5.58 Å². The third-order valence-corrected chi connectivity index (χ3v) is 4.76. The number of carbonyl (C=O) groups is 1. The van der Waals surface area contributed by atoms with Gasteiger partial charge in [0.25, 0.3) is 5.91 Å². The fraction of sp³-hybridized carbons (Fsp3) is 0.130. The predicted molar refractivity (Wildman–Crippen MR) is 110 cm³/mol. The number of aryl methyl sites for hydroxylation is 1. The molecule has 0 saturated carbocycles. The molecule has 5 nitrogen and oxygen atoms in total. The number of hydrogen-bond donors (Lipinski definition) is 1. The zero-order chi connectivity index (χ0) is 19.5. The largest absolute Gasteiger partial charge is 0.420 e. The molecule has 1 amide bonds. The molecular formula is C23H20N2O3. The molecule has 1 heterocycles. The molecule has 0 fully saturated rings. The van der Waals surface area contributed by atoms with Crippen molar-refractivity contribution in [3.8, 4) is 0 Å². The lowest BCUT2D eigenvalue weighted by Gasteiger charge is -2.10. The maximum Gasteiger partial charge on any atom is 0.420 e. The van der Waals surface area contributed by atoms with Gasteiger partial charge in [-0.1, -0.05) is 55.5 Å². The maximum absolute atomic E-state index is 12.8. The summed E-state index contributed by atoms with van der Waals surface area (Å²) in [4.78, 5) is 25.1. The number of para-hydroxylation sites is 1. The van der Waals surface area contributed by atoms with Crippen LogP contribution in [0.15, 0.2) is 82.0 Å². The van der Waals surface area contributed by atoms with E-state index >= 15 is 0 Å². The summed E-state index contributed by atoms with van der Waals surface area (Å²) in [6.07, 6.45) is 0.827. The van der Waals surface area contributed by atoms with Crippen LogP contribution in [0.25, 0.3) is 11.1 Å². The van der Waals surface area contributed by atoms with E-state index in [1.54, 1.807) is 22.8 Å². The molecule has 0 aliphatic rings. The van der Waals surface area contributed by atoms with Crippen molar-refractivity contribution in [2.75, 3.05) is 5.32 Å². The van der Waals surface area contributed by atoms with Gasteiger partial charge in [-0.15, -0.1) is 0 Å². The van der Waals surface area contributed by atoms with Gasteiger partial charge >= 0.3 is 5.76 Å². The number of nitrogens with zero attached hydrogens (tertiary/aromatic N) is 1. The lowest BCUT2D eigenvalue weighted by molar-refractivity contribution is 0.102. The zero-order valence-corrected chi connectivity index (χ0v) is 15.5. The second-order valence-corrected chi connectivity index (χ2v) is 6.59. The Bertz CT molecular complexity index is 1190. The molecule has 0 unspecified atom stereocenters. The molecule has 0 atom stereocenters. The van der Waals surface area contributed by atoms with Crippen LogP contribution < -0.4 is 11.1 Å². The number of carbonyl (C=O) groups excluding carboxylic acids is 1. The van der Waals surface area contributed by atoms with Gasteiger partial charge in [0.05, 0.1) is 12.1 Å². The molecule has 1 aromatic heterocycles. The third-order valence-electron chi connectivity index (χ3n) is 4.76. The van der Waals surface area contributed by atoms with E-state index in [2.05, 4.69) is 5.32 Å². The van der Waals surface area contributed by atoms with Crippen molar-refractivity contribution in [1.82, 2.24) is 4.57 Å². The molecule has 5 heteroatoms. The van der Waals surface area contributed by atoms with Crippen LogP contribution in [0.3, 0.4) is 0 Å². The molecule has 4 rings (SSSR count). The highest BCUT2D eigenvalue weighted by Crippen LogP contribution is 2.20. The summed E-state index contributed by atoms with van der Waals surface area (Å²) in [5, 5.41) is 2.96. The van der Waals surface area contributed by atoms with Crippen molar-refractivity contribution < 1.29 is 9.21 Å². The Kier molecular flexibility index (Phi) is 4.81. The summed E-state index contributed by atoms with van der Waals surface area (Å²) in [7, 11) is 0. The van der Waals surface area contributed by atoms with Gasteiger partial charge < -0.3 is 9.73 Å². The number of benzene rings is 3. The number of anilines is 1. The first-order chi connectivity index (χ1) is 13.7. The molecular weight excluding hydrogens is 352 g/mol. The normalized spacial score (nSPS) is 10.9. The van der Waals surface area contributed by atoms with Crippen LogP contribution in [0, 0.1) is 0 Å².